The number of fused-ring (bicyclic) bond motifs is 5. The van der Waals surface area contributed by atoms with Crippen molar-refractivity contribution in [1.82, 2.24) is 29.0 Å². The van der Waals surface area contributed by atoms with Gasteiger partial charge in [-0.15, -0.1) is 0 Å². The van der Waals surface area contributed by atoms with E-state index < -0.39 is 17.5 Å². The van der Waals surface area contributed by atoms with Gasteiger partial charge in [0.2, 0.25) is 5.78 Å². The Morgan fingerprint density at radius 2 is 1.91 bits per heavy atom. The summed E-state index contributed by atoms with van der Waals surface area (Å²) < 4.78 is 44.7. The largest absolute Gasteiger partial charge is 0.325 e. The first-order valence-electron chi connectivity index (χ1n) is 10.8. The van der Waals surface area contributed by atoms with Crippen molar-refractivity contribution >= 4 is 11.7 Å². The second kappa shape index (κ2) is 7.16. The average molecular weight is 452 g/mol. The van der Waals surface area contributed by atoms with Gasteiger partial charge in [0, 0.05) is 36.6 Å². The van der Waals surface area contributed by atoms with Crippen molar-refractivity contribution in [3.8, 4) is 11.3 Å². The minimum atomic E-state index is -1.49. The molecule has 1 saturated heterocycles. The SMILES string of the molecule is Cn1nc2c(c1-c1cc(F)c(F)c(F)c1)C[C@@H]1CCC[C@H]2N1C(=O)c1cnc2ncccn12. The van der Waals surface area contributed by atoms with E-state index in [4.69, 9.17) is 0 Å². The van der Waals surface area contributed by atoms with Crippen molar-refractivity contribution in [3.63, 3.8) is 0 Å². The fourth-order valence-electron chi connectivity index (χ4n) is 5.32. The molecule has 2 aliphatic heterocycles. The first-order chi connectivity index (χ1) is 15.9. The van der Waals surface area contributed by atoms with E-state index in [1.165, 1.54) is 6.20 Å². The van der Waals surface area contributed by atoms with Crippen LogP contribution in [0.5, 0.6) is 0 Å². The second-order valence-electron chi connectivity index (χ2n) is 8.54. The molecule has 168 valence electrons. The lowest BCUT2D eigenvalue weighted by Gasteiger charge is -2.45. The number of amides is 1. The van der Waals surface area contributed by atoms with Crippen LogP contribution in [0.4, 0.5) is 13.2 Å². The molecule has 1 aromatic carbocycles. The maximum absolute atomic E-state index is 14.0. The molecule has 33 heavy (non-hydrogen) atoms. The van der Waals surface area contributed by atoms with Crippen molar-refractivity contribution < 1.29 is 18.0 Å². The summed E-state index contributed by atoms with van der Waals surface area (Å²) >= 11 is 0. The molecule has 0 radical (unpaired) electrons. The Morgan fingerprint density at radius 3 is 2.70 bits per heavy atom. The molecule has 5 heterocycles. The number of halogens is 3. The molecule has 0 unspecified atom stereocenters. The number of rotatable bonds is 2. The first-order valence-corrected chi connectivity index (χ1v) is 10.8. The molecule has 10 heteroatoms. The number of carbonyl (C=O) groups is 1. The minimum Gasteiger partial charge on any atom is -0.325 e. The van der Waals surface area contributed by atoms with Crippen molar-refractivity contribution in [2.45, 2.75) is 37.8 Å². The van der Waals surface area contributed by atoms with Crippen LogP contribution in [-0.4, -0.2) is 41.0 Å². The van der Waals surface area contributed by atoms with Gasteiger partial charge in [0.15, 0.2) is 17.5 Å². The molecule has 0 aliphatic carbocycles. The lowest BCUT2D eigenvalue weighted by atomic mass is 9.81. The second-order valence-corrected chi connectivity index (χ2v) is 8.54. The van der Waals surface area contributed by atoms with Gasteiger partial charge in [0.1, 0.15) is 5.69 Å². The molecule has 1 amide bonds. The molecule has 2 atom stereocenters. The summed E-state index contributed by atoms with van der Waals surface area (Å²) in [6.07, 6.45) is 7.88. The number of aryl methyl sites for hydroxylation is 1. The van der Waals surface area contributed by atoms with Crippen LogP contribution in [0.1, 0.15) is 47.1 Å². The zero-order valence-electron chi connectivity index (χ0n) is 17.7. The van der Waals surface area contributed by atoms with Crippen LogP contribution in [0, 0.1) is 17.5 Å². The Bertz CT molecular complexity index is 1400. The van der Waals surface area contributed by atoms with Crippen molar-refractivity contribution in [3.05, 3.63) is 71.2 Å². The smallest absolute Gasteiger partial charge is 0.273 e. The van der Waals surface area contributed by atoms with Crippen molar-refractivity contribution in [2.75, 3.05) is 0 Å². The zero-order chi connectivity index (χ0) is 22.9. The molecule has 3 aromatic heterocycles. The molecular weight excluding hydrogens is 433 g/mol. The number of hydrogen-bond acceptors (Lipinski definition) is 4. The lowest BCUT2D eigenvalue weighted by Crippen LogP contribution is -2.50. The Morgan fingerprint density at radius 1 is 1.12 bits per heavy atom. The van der Waals surface area contributed by atoms with E-state index in [1.807, 2.05) is 4.90 Å². The third kappa shape index (κ3) is 2.89. The number of nitrogens with zero attached hydrogens (tertiary/aromatic N) is 6. The third-order valence-corrected chi connectivity index (χ3v) is 6.68. The summed E-state index contributed by atoms with van der Waals surface area (Å²) in [4.78, 5) is 23.9. The fourth-order valence-corrected chi connectivity index (χ4v) is 5.32. The number of benzene rings is 1. The first kappa shape index (κ1) is 20.0. The summed E-state index contributed by atoms with van der Waals surface area (Å²) in [5, 5.41) is 4.66. The van der Waals surface area contributed by atoms with Crippen LogP contribution < -0.4 is 0 Å². The number of hydrogen-bond donors (Lipinski definition) is 0. The number of aromatic nitrogens is 5. The van der Waals surface area contributed by atoms with Crippen LogP contribution in [0.25, 0.3) is 17.0 Å². The predicted molar refractivity (Wildman–Crippen MR) is 112 cm³/mol. The normalized spacial score (nSPS) is 19.7. The van der Waals surface area contributed by atoms with E-state index in [1.54, 1.807) is 34.6 Å². The average Bonchev–Trinajstić information content (AvgIpc) is 3.37. The van der Waals surface area contributed by atoms with Gasteiger partial charge in [-0.05, 0) is 43.9 Å². The molecule has 0 spiro atoms. The van der Waals surface area contributed by atoms with Gasteiger partial charge in [0.25, 0.3) is 5.91 Å². The highest BCUT2D eigenvalue weighted by atomic mass is 19.2. The molecule has 0 N–H and O–H groups in total. The fraction of sp³-hybridized carbons (Fsp3) is 0.304. The quantitative estimate of drug-likeness (QED) is 0.434. The minimum absolute atomic E-state index is 0.0935. The number of piperidine rings is 1. The van der Waals surface area contributed by atoms with E-state index in [-0.39, 0.29) is 23.6 Å². The van der Waals surface area contributed by atoms with Crippen LogP contribution >= 0.6 is 0 Å². The Balaban J connectivity index is 1.45. The van der Waals surface area contributed by atoms with Gasteiger partial charge in [-0.2, -0.15) is 5.10 Å². The summed E-state index contributed by atoms with van der Waals surface area (Å²) in [5.41, 5.74) is 2.77. The molecule has 7 nitrogen and oxygen atoms in total. The highest BCUT2D eigenvalue weighted by Crippen LogP contribution is 2.45. The lowest BCUT2D eigenvalue weighted by molar-refractivity contribution is 0.0385. The standard InChI is InChI=1S/C23H19F3N6O/c1-30-21(12-8-15(24)19(26)16(25)9-12)14-10-13-4-2-5-17(20(14)29-30)32(13)22(33)18-11-28-23-27-6-3-7-31(18)23/h3,6-9,11,13,17H,2,4-5,10H2,1H3/t13-,17+/m0/s1. The maximum Gasteiger partial charge on any atom is 0.273 e. The number of imidazole rings is 1. The highest BCUT2D eigenvalue weighted by molar-refractivity contribution is 5.94. The van der Waals surface area contributed by atoms with Crippen LogP contribution in [0.15, 0.2) is 36.8 Å². The Hall–Kier alpha value is -3.69. The van der Waals surface area contributed by atoms with Crippen LogP contribution in [-0.2, 0) is 13.5 Å². The van der Waals surface area contributed by atoms with E-state index in [9.17, 15) is 18.0 Å². The van der Waals surface area contributed by atoms with E-state index in [0.29, 0.717) is 29.3 Å². The van der Waals surface area contributed by atoms with Crippen LogP contribution in [0.3, 0.4) is 0 Å². The van der Waals surface area contributed by atoms with Gasteiger partial charge >= 0.3 is 0 Å². The monoisotopic (exact) mass is 452 g/mol. The van der Waals surface area contributed by atoms with Crippen molar-refractivity contribution in [1.29, 1.82) is 0 Å². The molecule has 0 saturated carbocycles. The topological polar surface area (TPSA) is 68.3 Å². The van der Waals surface area contributed by atoms with E-state index in [0.717, 1.165) is 37.0 Å². The summed E-state index contributed by atoms with van der Waals surface area (Å²) in [5.74, 6) is -3.68. The van der Waals surface area contributed by atoms with Gasteiger partial charge in [-0.1, -0.05) is 0 Å². The Kier molecular flexibility index (Phi) is 4.33. The van der Waals surface area contributed by atoms with Crippen LogP contribution in [0.2, 0.25) is 0 Å². The number of carbonyl (C=O) groups excluding carboxylic acids is 1. The van der Waals surface area contributed by atoms with E-state index >= 15 is 0 Å². The van der Waals surface area contributed by atoms with Gasteiger partial charge in [-0.3, -0.25) is 13.9 Å². The van der Waals surface area contributed by atoms with Crippen molar-refractivity contribution in [2.24, 2.45) is 7.05 Å². The van der Waals surface area contributed by atoms with Gasteiger partial charge in [-0.25, -0.2) is 23.1 Å². The maximum atomic E-state index is 14.0. The van der Waals surface area contributed by atoms with E-state index in [2.05, 4.69) is 15.1 Å². The molecular formula is C23H19F3N6O. The van der Waals surface area contributed by atoms with Gasteiger partial charge < -0.3 is 4.90 Å². The zero-order valence-corrected chi connectivity index (χ0v) is 17.7. The molecule has 2 bridgehead atoms. The molecule has 6 rings (SSSR count). The predicted octanol–water partition coefficient (Wildman–Crippen LogP) is 3.84. The summed E-state index contributed by atoms with van der Waals surface area (Å²) in [6, 6.07) is 3.37. The molecule has 2 aliphatic rings. The molecule has 4 aromatic rings. The summed E-state index contributed by atoms with van der Waals surface area (Å²) in [7, 11) is 1.69. The molecule has 1 fully saturated rings. The Labute approximate surface area is 186 Å². The third-order valence-electron chi connectivity index (χ3n) is 6.68. The van der Waals surface area contributed by atoms with Gasteiger partial charge in [0.05, 0.1) is 23.6 Å². The summed E-state index contributed by atoms with van der Waals surface area (Å²) in [6.45, 7) is 0. The highest BCUT2D eigenvalue weighted by Gasteiger charge is 2.44.